The van der Waals surface area contributed by atoms with Crippen LogP contribution in [-0.2, 0) is 16.0 Å². The summed E-state index contributed by atoms with van der Waals surface area (Å²) in [6.45, 7) is 0. The van der Waals surface area contributed by atoms with Gasteiger partial charge in [0.2, 0.25) is 11.8 Å². The SMILES string of the molecule is O=C(Cc1ccccc1)Nc1cccc(NC(=O)CC2CCCC2)c1. The second-order valence-electron chi connectivity index (χ2n) is 6.69. The molecule has 0 unspecified atom stereocenters. The van der Waals surface area contributed by atoms with E-state index in [1.807, 2.05) is 48.5 Å². The molecule has 3 rings (SSSR count). The number of carbonyl (C=O) groups is 2. The van der Waals surface area contributed by atoms with Crippen LogP contribution >= 0.6 is 0 Å². The van der Waals surface area contributed by atoms with Crippen molar-refractivity contribution in [2.45, 2.75) is 38.5 Å². The van der Waals surface area contributed by atoms with Gasteiger partial charge in [-0.15, -0.1) is 0 Å². The molecule has 0 saturated heterocycles. The molecule has 1 aliphatic carbocycles. The average Bonchev–Trinajstić information content (AvgIpc) is 3.08. The Balaban J connectivity index is 1.53. The molecule has 0 radical (unpaired) electrons. The molecule has 0 spiro atoms. The van der Waals surface area contributed by atoms with Crippen molar-refractivity contribution in [1.29, 1.82) is 0 Å². The third-order valence-corrected chi connectivity index (χ3v) is 4.59. The standard InChI is InChI=1S/C21H24N2O2/c24-20(13-16-7-2-1-3-8-16)22-18-11-6-12-19(15-18)23-21(25)14-17-9-4-5-10-17/h1-3,6-8,11-12,15,17H,4-5,9-10,13-14H2,(H,22,24)(H,23,25). The number of hydrogen-bond acceptors (Lipinski definition) is 2. The lowest BCUT2D eigenvalue weighted by molar-refractivity contribution is -0.117. The zero-order chi connectivity index (χ0) is 17.5. The van der Waals surface area contributed by atoms with Crippen molar-refractivity contribution < 1.29 is 9.59 Å². The van der Waals surface area contributed by atoms with Gasteiger partial charge in [-0.3, -0.25) is 9.59 Å². The van der Waals surface area contributed by atoms with Crippen LogP contribution in [0.4, 0.5) is 11.4 Å². The van der Waals surface area contributed by atoms with E-state index in [1.165, 1.54) is 12.8 Å². The molecule has 4 nitrogen and oxygen atoms in total. The maximum Gasteiger partial charge on any atom is 0.228 e. The summed E-state index contributed by atoms with van der Waals surface area (Å²) in [6, 6.07) is 16.9. The van der Waals surface area contributed by atoms with Crippen LogP contribution < -0.4 is 10.6 Å². The van der Waals surface area contributed by atoms with Gasteiger partial charge in [0.15, 0.2) is 0 Å². The highest BCUT2D eigenvalue weighted by molar-refractivity contribution is 5.94. The molecule has 0 aliphatic heterocycles. The number of nitrogens with one attached hydrogen (secondary N) is 2. The van der Waals surface area contributed by atoms with E-state index in [2.05, 4.69) is 10.6 Å². The van der Waals surface area contributed by atoms with Gasteiger partial charge >= 0.3 is 0 Å². The number of anilines is 2. The van der Waals surface area contributed by atoms with E-state index in [4.69, 9.17) is 0 Å². The highest BCUT2D eigenvalue weighted by atomic mass is 16.2. The Kier molecular flexibility index (Phi) is 5.83. The predicted molar refractivity (Wildman–Crippen MR) is 100 cm³/mol. The topological polar surface area (TPSA) is 58.2 Å². The van der Waals surface area contributed by atoms with Gasteiger partial charge in [0.25, 0.3) is 0 Å². The van der Waals surface area contributed by atoms with Gasteiger partial charge < -0.3 is 10.6 Å². The molecule has 2 aromatic carbocycles. The minimum atomic E-state index is -0.0689. The summed E-state index contributed by atoms with van der Waals surface area (Å²) >= 11 is 0. The summed E-state index contributed by atoms with van der Waals surface area (Å²) in [6.07, 6.45) is 5.71. The van der Waals surface area contributed by atoms with Crippen LogP contribution in [0.1, 0.15) is 37.7 Å². The van der Waals surface area contributed by atoms with Crippen LogP contribution in [0.25, 0.3) is 0 Å². The number of hydrogen-bond donors (Lipinski definition) is 2. The van der Waals surface area contributed by atoms with Crippen LogP contribution in [0.15, 0.2) is 54.6 Å². The zero-order valence-electron chi connectivity index (χ0n) is 14.3. The minimum Gasteiger partial charge on any atom is -0.326 e. The van der Waals surface area contributed by atoms with Crippen molar-refractivity contribution in [3.8, 4) is 0 Å². The Labute approximate surface area is 148 Å². The first-order valence-electron chi connectivity index (χ1n) is 8.93. The third kappa shape index (κ3) is 5.45. The van der Waals surface area contributed by atoms with Gasteiger partial charge in [0.1, 0.15) is 0 Å². The van der Waals surface area contributed by atoms with Gasteiger partial charge in [-0.05, 0) is 42.5 Å². The largest absolute Gasteiger partial charge is 0.326 e. The lowest BCUT2D eigenvalue weighted by Gasteiger charge is -2.11. The Morgan fingerprint density at radius 3 is 2.16 bits per heavy atom. The summed E-state index contributed by atoms with van der Waals surface area (Å²) in [5.74, 6) is 0.508. The Morgan fingerprint density at radius 2 is 1.48 bits per heavy atom. The molecule has 0 bridgehead atoms. The van der Waals surface area contributed by atoms with Crippen molar-refractivity contribution in [3.05, 3.63) is 60.2 Å². The highest BCUT2D eigenvalue weighted by Gasteiger charge is 2.18. The summed E-state index contributed by atoms with van der Waals surface area (Å²) in [4.78, 5) is 24.3. The molecule has 0 heterocycles. The van der Waals surface area contributed by atoms with Crippen LogP contribution in [0.3, 0.4) is 0 Å². The second-order valence-corrected chi connectivity index (χ2v) is 6.69. The highest BCUT2D eigenvalue weighted by Crippen LogP contribution is 2.28. The molecule has 1 aliphatic rings. The molecule has 1 fully saturated rings. The lowest BCUT2D eigenvalue weighted by Crippen LogP contribution is -2.16. The van der Waals surface area contributed by atoms with Crippen molar-refractivity contribution in [3.63, 3.8) is 0 Å². The fourth-order valence-corrected chi connectivity index (χ4v) is 3.35. The summed E-state index contributed by atoms with van der Waals surface area (Å²) in [7, 11) is 0. The molecule has 2 aromatic rings. The van der Waals surface area contributed by atoms with E-state index < -0.39 is 0 Å². The van der Waals surface area contributed by atoms with E-state index in [-0.39, 0.29) is 11.8 Å². The fraction of sp³-hybridized carbons (Fsp3) is 0.333. The molecular formula is C21H24N2O2. The van der Waals surface area contributed by atoms with Gasteiger partial charge in [-0.1, -0.05) is 49.2 Å². The number of benzene rings is 2. The van der Waals surface area contributed by atoms with Crippen LogP contribution in [0.5, 0.6) is 0 Å². The summed E-state index contributed by atoms with van der Waals surface area (Å²) in [5.41, 5.74) is 2.39. The Morgan fingerprint density at radius 1 is 0.840 bits per heavy atom. The molecule has 4 heteroatoms. The van der Waals surface area contributed by atoms with E-state index in [0.717, 1.165) is 24.1 Å². The van der Waals surface area contributed by atoms with Gasteiger partial charge in [0, 0.05) is 17.8 Å². The number of rotatable bonds is 6. The van der Waals surface area contributed by atoms with E-state index in [9.17, 15) is 9.59 Å². The van der Waals surface area contributed by atoms with Gasteiger partial charge in [-0.25, -0.2) is 0 Å². The number of amides is 2. The molecule has 0 aromatic heterocycles. The molecule has 0 atom stereocenters. The second kappa shape index (κ2) is 8.47. The summed E-state index contributed by atoms with van der Waals surface area (Å²) in [5, 5.41) is 5.83. The fourth-order valence-electron chi connectivity index (χ4n) is 3.35. The van der Waals surface area contributed by atoms with Gasteiger partial charge in [0.05, 0.1) is 6.42 Å². The van der Waals surface area contributed by atoms with E-state index in [0.29, 0.717) is 24.4 Å². The van der Waals surface area contributed by atoms with Crippen molar-refractivity contribution in [1.82, 2.24) is 0 Å². The van der Waals surface area contributed by atoms with Crippen LogP contribution in [0.2, 0.25) is 0 Å². The minimum absolute atomic E-state index is 0.0552. The Hall–Kier alpha value is -2.62. The molecule has 1 saturated carbocycles. The quantitative estimate of drug-likeness (QED) is 0.822. The molecule has 2 N–H and O–H groups in total. The smallest absolute Gasteiger partial charge is 0.228 e. The summed E-state index contributed by atoms with van der Waals surface area (Å²) < 4.78 is 0. The van der Waals surface area contributed by atoms with Crippen molar-refractivity contribution in [2.24, 2.45) is 5.92 Å². The first kappa shape index (κ1) is 17.2. The average molecular weight is 336 g/mol. The van der Waals surface area contributed by atoms with E-state index >= 15 is 0 Å². The van der Waals surface area contributed by atoms with E-state index in [1.54, 1.807) is 6.07 Å². The zero-order valence-corrected chi connectivity index (χ0v) is 14.3. The molecule has 25 heavy (non-hydrogen) atoms. The first-order valence-corrected chi connectivity index (χ1v) is 8.93. The van der Waals surface area contributed by atoms with Crippen LogP contribution in [-0.4, -0.2) is 11.8 Å². The molecule has 2 amide bonds. The van der Waals surface area contributed by atoms with Crippen molar-refractivity contribution in [2.75, 3.05) is 10.6 Å². The molecule has 130 valence electrons. The monoisotopic (exact) mass is 336 g/mol. The van der Waals surface area contributed by atoms with Gasteiger partial charge in [-0.2, -0.15) is 0 Å². The molecular weight excluding hydrogens is 312 g/mol. The van der Waals surface area contributed by atoms with Crippen LogP contribution in [0, 0.1) is 5.92 Å². The maximum absolute atomic E-state index is 12.1. The third-order valence-electron chi connectivity index (χ3n) is 4.59. The predicted octanol–water partition coefficient (Wildman–Crippen LogP) is 4.39. The normalized spacial score (nSPS) is 14.2. The first-order chi connectivity index (χ1) is 12.2. The lowest BCUT2D eigenvalue weighted by atomic mass is 10.0. The maximum atomic E-state index is 12.1. The Bertz CT molecular complexity index is 722. The number of carbonyl (C=O) groups excluding carboxylic acids is 2. The van der Waals surface area contributed by atoms with Crippen molar-refractivity contribution >= 4 is 23.2 Å².